The second kappa shape index (κ2) is 7.07. The van der Waals surface area contributed by atoms with E-state index >= 15 is 0 Å². The monoisotopic (exact) mass is 350 g/mol. The predicted molar refractivity (Wildman–Crippen MR) is 97.0 cm³/mol. The van der Waals surface area contributed by atoms with Crippen LogP contribution in [0.1, 0.15) is 41.0 Å². The summed E-state index contributed by atoms with van der Waals surface area (Å²) in [5.41, 5.74) is 3.95. The molecule has 1 amide bonds. The molecule has 0 unspecified atom stereocenters. The zero-order chi connectivity index (χ0) is 17.9. The molecule has 5 nitrogen and oxygen atoms in total. The molecule has 3 aromatic rings. The maximum Gasteiger partial charge on any atom is 0.276 e. The summed E-state index contributed by atoms with van der Waals surface area (Å²) in [5.74, 6) is -0.516. The van der Waals surface area contributed by atoms with Crippen molar-refractivity contribution in [2.24, 2.45) is 0 Å². The molecule has 0 spiro atoms. The third kappa shape index (κ3) is 3.22. The molecule has 0 saturated heterocycles. The highest BCUT2D eigenvalue weighted by molar-refractivity contribution is 6.04. The van der Waals surface area contributed by atoms with Gasteiger partial charge < -0.3 is 5.32 Å². The van der Waals surface area contributed by atoms with Crippen LogP contribution in [0.15, 0.2) is 48.8 Å². The first-order chi connectivity index (χ1) is 12.7. The van der Waals surface area contributed by atoms with Gasteiger partial charge >= 0.3 is 0 Å². The van der Waals surface area contributed by atoms with Gasteiger partial charge in [0.1, 0.15) is 5.82 Å². The van der Waals surface area contributed by atoms with Crippen molar-refractivity contribution >= 4 is 11.6 Å². The molecule has 1 aliphatic carbocycles. The molecule has 0 aliphatic heterocycles. The first kappa shape index (κ1) is 16.4. The number of carbonyl (C=O) groups is 1. The number of anilines is 1. The Morgan fingerprint density at radius 3 is 2.50 bits per heavy atom. The maximum atomic E-state index is 13.3. The molecule has 1 aromatic carbocycles. The van der Waals surface area contributed by atoms with Gasteiger partial charge in [-0.3, -0.25) is 9.78 Å². The third-order valence-corrected chi connectivity index (χ3v) is 4.65. The van der Waals surface area contributed by atoms with Crippen molar-refractivity contribution in [1.29, 1.82) is 0 Å². The van der Waals surface area contributed by atoms with E-state index in [2.05, 4.69) is 15.4 Å². The SMILES string of the molecule is O=C(Nc1ccncc1)c1nn(-c2ccc(F)cc2)c2c1CCCCC2. The number of rotatable bonds is 3. The van der Waals surface area contributed by atoms with Crippen LogP contribution in [0.4, 0.5) is 10.1 Å². The Hall–Kier alpha value is -3.02. The van der Waals surface area contributed by atoms with Crippen LogP contribution in [0, 0.1) is 5.82 Å². The van der Waals surface area contributed by atoms with Crippen LogP contribution in [0.5, 0.6) is 0 Å². The second-order valence-electron chi connectivity index (χ2n) is 6.41. The Morgan fingerprint density at radius 2 is 1.73 bits per heavy atom. The first-order valence-electron chi connectivity index (χ1n) is 8.80. The number of halogens is 1. The molecule has 2 heterocycles. The third-order valence-electron chi connectivity index (χ3n) is 4.65. The number of hydrogen-bond acceptors (Lipinski definition) is 3. The van der Waals surface area contributed by atoms with E-state index in [0.29, 0.717) is 11.4 Å². The standard InChI is InChI=1S/C20H19FN4O/c21-14-6-8-16(9-7-14)25-18-5-3-1-2-4-17(18)19(24-25)20(26)23-15-10-12-22-13-11-15/h6-13H,1-5H2,(H,22,23,26). The summed E-state index contributed by atoms with van der Waals surface area (Å²) in [6.45, 7) is 0. The lowest BCUT2D eigenvalue weighted by molar-refractivity contribution is 0.102. The van der Waals surface area contributed by atoms with Gasteiger partial charge in [-0.1, -0.05) is 6.42 Å². The van der Waals surface area contributed by atoms with E-state index in [-0.39, 0.29) is 11.7 Å². The fourth-order valence-electron chi connectivity index (χ4n) is 3.38. The maximum absolute atomic E-state index is 13.3. The van der Waals surface area contributed by atoms with Crippen molar-refractivity contribution in [3.8, 4) is 5.69 Å². The summed E-state index contributed by atoms with van der Waals surface area (Å²) in [4.78, 5) is 16.8. The fourth-order valence-corrected chi connectivity index (χ4v) is 3.38. The van der Waals surface area contributed by atoms with Gasteiger partial charge in [-0.2, -0.15) is 5.10 Å². The summed E-state index contributed by atoms with van der Waals surface area (Å²) < 4.78 is 15.1. The average molecular weight is 350 g/mol. The number of pyridine rings is 1. The lowest BCUT2D eigenvalue weighted by Crippen LogP contribution is -2.15. The quantitative estimate of drug-likeness (QED) is 0.728. The van der Waals surface area contributed by atoms with E-state index in [4.69, 9.17) is 0 Å². The Morgan fingerprint density at radius 1 is 1.00 bits per heavy atom. The zero-order valence-corrected chi connectivity index (χ0v) is 14.3. The topological polar surface area (TPSA) is 59.8 Å². The van der Waals surface area contributed by atoms with Crippen molar-refractivity contribution in [2.45, 2.75) is 32.1 Å². The smallest absolute Gasteiger partial charge is 0.276 e. The molecule has 0 bridgehead atoms. The molecule has 2 aromatic heterocycles. The van der Waals surface area contributed by atoms with E-state index in [0.717, 1.165) is 49.0 Å². The summed E-state index contributed by atoms with van der Waals surface area (Å²) >= 11 is 0. The number of aromatic nitrogens is 3. The van der Waals surface area contributed by atoms with E-state index in [9.17, 15) is 9.18 Å². The van der Waals surface area contributed by atoms with Gasteiger partial charge in [0.25, 0.3) is 5.91 Å². The summed E-state index contributed by atoms with van der Waals surface area (Å²) in [6.07, 6.45) is 8.19. The predicted octanol–water partition coefficient (Wildman–Crippen LogP) is 3.93. The van der Waals surface area contributed by atoms with Gasteiger partial charge in [-0.15, -0.1) is 0 Å². The Bertz CT molecular complexity index is 919. The van der Waals surface area contributed by atoms with Crippen LogP contribution in [0.2, 0.25) is 0 Å². The van der Waals surface area contributed by atoms with Crippen LogP contribution in [0.3, 0.4) is 0 Å². The molecule has 4 rings (SSSR count). The van der Waals surface area contributed by atoms with Gasteiger partial charge in [0.2, 0.25) is 0 Å². The normalized spacial score (nSPS) is 13.7. The number of nitrogens with zero attached hydrogens (tertiary/aromatic N) is 3. The van der Waals surface area contributed by atoms with Crippen LogP contribution < -0.4 is 5.32 Å². The lowest BCUT2D eigenvalue weighted by atomic mass is 10.1. The van der Waals surface area contributed by atoms with Gasteiger partial charge in [-0.25, -0.2) is 9.07 Å². The van der Waals surface area contributed by atoms with E-state index in [1.807, 2.05) is 0 Å². The largest absolute Gasteiger partial charge is 0.320 e. The van der Waals surface area contributed by atoms with Gasteiger partial charge in [0, 0.05) is 29.3 Å². The number of amides is 1. The van der Waals surface area contributed by atoms with Crippen LogP contribution in [-0.2, 0) is 12.8 Å². The van der Waals surface area contributed by atoms with E-state index in [1.165, 1.54) is 12.1 Å². The summed E-state index contributed by atoms with van der Waals surface area (Å²) in [6, 6.07) is 9.70. The molecule has 6 heteroatoms. The van der Waals surface area contributed by atoms with Crippen LogP contribution in [-0.4, -0.2) is 20.7 Å². The molecule has 0 saturated carbocycles. The molecular weight excluding hydrogens is 331 g/mol. The van der Waals surface area contributed by atoms with Crippen molar-refractivity contribution in [2.75, 3.05) is 5.32 Å². The lowest BCUT2D eigenvalue weighted by Gasteiger charge is -2.07. The Labute approximate surface area is 150 Å². The number of fused-ring (bicyclic) bond motifs is 1. The van der Waals surface area contributed by atoms with Crippen molar-refractivity contribution in [1.82, 2.24) is 14.8 Å². The van der Waals surface area contributed by atoms with Crippen molar-refractivity contribution in [3.05, 3.63) is 71.6 Å². The fraction of sp³-hybridized carbons (Fsp3) is 0.250. The Kier molecular flexibility index (Phi) is 4.48. The average Bonchev–Trinajstić information content (AvgIpc) is 2.85. The molecule has 1 N–H and O–H groups in total. The first-order valence-corrected chi connectivity index (χ1v) is 8.80. The highest BCUT2D eigenvalue weighted by atomic mass is 19.1. The van der Waals surface area contributed by atoms with Gasteiger partial charge in [0.15, 0.2) is 5.69 Å². The van der Waals surface area contributed by atoms with Crippen LogP contribution >= 0.6 is 0 Å². The summed E-state index contributed by atoms with van der Waals surface area (Å²) in [7, 11) is 0. The highest BCUT2D eigenvalue weighted by Crippen LogP contribution is 2.27. The number of nitrogens with one attached hydrogen (secondary N) is 1. The van der Waals surface area contributed by atoms with Gasteiger partial charge in [0.05, 0.1) is 5.69 Å². The molecule has 132 valence electrons. The molecule has 1 aliphatic rings. The molecule has 0 fully saturated rings. The summed E-state index contributed by atoms with van der Waals surface area (Å²) in [5, 5.41) is 7.48. The highest BCUT2D eigenvalue weighted by Gasteiger charge is 2.24. The van der Waals surface area contributed by atoms with Crippen LogP contribution in [0.25, 0.3) is 5.69 Å². The van der Waals surface area contributed by atoms with Crippen molar-refractivity contribution in [3.63, 3.8) is 0 Å². The van der Waals surface area contributed by atoms with Crippen molar-refractivity contribution < 1.29 is 9.18 Å². The number of benzene rings is 1. The zero-order valence-electron chi connectivity index (χ0n) is 14.3. The molecular formula is C20H19FN4O. The second-order valence-corrected chi connectivity index (χ2v) is 6.41. The minimum absolute atomic E-state index is 0.227. The van der Waals surface area contributed by atoms with E-state index < -0.39 is 0 Å². The molecule has 26 heavy (non-hydrogen) atoms. The minimum atomic E-state index is -0.289. The Balaban J connectivity index is 1.74. The number of hydrogen-bond donors (Lipinski definition) is 1. The molecule has 0 radical (unpaired) electrons. The van der Waals surface area contributed by atoms with E-state index in [1.54, 1.807) is 41.3 Å². The molecule has 0 atom stereocenters. The minimum Gasteiger partial charge on any atom is -0.320 e. The van der Waals surface area contributed by atoms with Gasteiger partial charge in [-0.05, 0) is 62.1 Å². The number of carbonyl (C=O) groups excluding carboxylic acids is 1.